The van der Waals surface area contributed by atoms with Crippen LogP contribution in [0.1, 0.15) is 111 Å². The van der Waals surface area contributed by atoms with Gasteiger partial charge in [0.1, 0.15) is 0 Å². The molecule has 8 atom stereocenters. The molecular formula is C32H59N2O4S+. The summed E-state index contributed by atoms with van der Waals surface area (Å²) in [5.41, 5.74) is 1.08. The van der Waals surface area contributed by atoms with Crippen LogP contribution in [-0.4, -0.2) is 62.8 Å². The van der Waals surface area contributed by atoms with Gasteiger partial charge in [-0.1, -0.05) is 33.6 Å². The molecule has 4 aliphatic rings. The highest BCUT2D eigenvalue weighted by molar-refractivity contribution is 7.85. The zero-order valence-corrected chi connectivity index (χ0v) is 26.5. The molecule has 4 saturated carbocycles. The van der Waals surface area contributed by atoms with Crippen molar-refractivity contribution >= 4 is 16.0 Å². The van der Waals surface area contributed by atoms with E-state index >= 15 is 0 Å². The lowest BCUT2D eigenvalue weighted by atomic mass is 9.44. The molecular weight excluding hydrogens is 508 g/mol. The summed E-state index contributed by atoms with van der Waals surface area (Å²) in [6.07, 6.45) is 17.4. The second-order valence-corrected chi connectivity index (χ2v) is 16.9. The monoisotopic (exact) mass is 567 g/mol. The first-order chi connectivity index (χ1) is 18.3. The Morgan fingerprint density at radius 1 is 0.949 bits per heavy atom. The van der Waals surface area contributed by atoms with Crippen LogP contribution in [0.3, 0.4) is 0 Å². The van der Waals surface area contributed by atoms with E-state index in [9.17, 15) is 13.2 Å². The predicted molar refractivity (Wildman–Crippen MR) is 159 cm³/mol. The highest BCUT2D eigenvalue weighted by atomic mass is 32.2. The lowest BCUT2D eigenvalue weighted by Crippen LogP contribution is -2.53. The minimum Gasteiger partial charge on any atom is -0.356 e. The van der Waals surface area contributed by atoms with Crippen molar-refractivity contribution in [1.29, 1.82) is 0 Å². The zero-order chi connectivity index (χ0) is 28.5. The molecule has 0 aromatic heterocycles. The van der Waals surface area contributed by atoms with Gasteiger partial charge in [-0.05, 0) is 104 Å². The summed E-state index contributed by atoms with van der Waals surface area (Å²) in [4.78, 5) is 12.7. The minimum atomic E-state index is -3.89. The summed E-state index contributed by atoms with van der Waals surface area (Å²) in [5, 5.41) is 3.13. The van der Waals surface area contributed by atoms with Crippen molar-refractivity contribution in [2.24, 2.45) is 46.3 Å². The van der Waals surface area contributed by atoms with Gasteiger partial charge in [-0.15, -0.1) is 0 Å². The number of quaternary nitrogens is 1. The van der Waals surface area contributed by atoms with Crippen molar-refractivity contribution in [3.05, 3.63) is 0 Å². The van der Waals surface area contributed by atoms with Gasteiger partial charge in [0.2, 0.25) is 5.91 Å². The quantitative estimate of drug-likeness (QED) is 0.164. The van der Waals surface area contributed by atoms with Gasteiger partial charge in [-0.3, -0.25) is 9.35 Å². The van der Waals surface area contributed by atoms with Gasteiger partial charge < -0.3 is 9.80 Å². The Bertz CT molecular complexity index is 952. The molecule has 4 aliphatic carbocycles. The second-order valence-electron chi connectivity index (χ2n) is 15.4. The SMILES string of the molecule is C[C@H](CCC(=O)NCCC[N+](C)(C)CCCS(=O)(=O)O)[C@H]1CC[C@H]2C3CCC4CCCC[C@]4(C)C3CC[C@]12C. The molecule has 4 fully saturated rings. The summed E-state index contributed by atoms with van der Waals surface area (Å²) in [6.45, 7) is 9.95. The van der Waals surface area contributed by atoms with E-state index in [2.05, 4.69) is 40.2 Å². The third-order valence-corrected chi connectivity index (χ3v) is 13.4. The average molecular weight is 568 g/mol. The summed E-state index contributed by atoms with van der Waals surface area (Å²) < 4.78 is 31.5. The van der Waals surface area contributed by atoms with Crippen molar-refractivity contribution in [2.75, 3.05) is 39.5 Å². The van der Waals surface area contributed by atoms with Gasteiger partial charge in [0.15, 0.2) is 0 Å². The fraction of sp³-hybridized carbons (Fsp3) is 0.969. The van der Waals surface area contributed by atoms with E-state index in [1.54, 1.807) is 0 Å². The number of nitrogens with one attached hydrogen (secondary N) is 1. The Morgan fingerprint density at radius 3 is 2.41 bits per heavy atom. The maximum atomic E-state index is 12.7. The number of carbonyl (C=O) groups is 1. The number of carbonyl (C=O) groups excluding carboxylic acids is 1. The average Bonchev–Trinajstić information content (AvgIpc) is 3.21. The van der Waals surface area contributed by atoms with Gasteiger partial charge >= 0.3 is 0 Å². The Hall–Kier alpha value is -0.660. The molecule has 0 radical (unpaired) electrons. The first kappa shape index (κ1) is 31.3. The fourth-order valence-electron chi connectivity index (χ4n) is 10.4. The Kier molecular flexibility index (Phi) is 9.86. The third-order valence-electron chi connectivity index (χ3n) is 12.6. The van der Waals surface area contributed by atoms with E-state index in [4.69, 9.17) is 4.55 Å². The molecule has 0 aromatic carbocycles. The molecule has 0 aromatic rings. The van der Waals surface area contributed by atoms with Gasteiger partial charge in [0.05, 0.1) is 32.9 Å². The second kappa shape index (κ2) is 12.3. The highest BCUT2D eigenvalue weighted by Crippen LogP contribution is 2.68. The Labute approximate surface area is 239 Å². The van der Waals surface area contributed by atoms with Crippen molar-refractivity contribution in [1.82, 2.24) is 5.32 Å². The van der Waals surface area contributed by atoms with Crippen LogP contribution in [0, 0.1) is 46.3 Å². The van der Waals surface area contributed by atoms with E-state index in [0.717, 1.165) is 49.0 Å². The van der Waals surface area contributed by atoms with E-state index < -0.39 is 10.1 Å². The Morgan fingerprint density at radius 2 is 1.67 bits per heavy atom. The van der Waals surface area contributed by atoms with Crippen molar-refractivity contribution in [3.63, 3.8) is 0 Å². The number of amides is 1. The Balaban J connectivity index is 1.20. The lowest BCUT2D eigenvalue weighted by Gasteiger charge is -2.61. The summed E-state index contributed by atoms with van der Waals surface area (Å²) in [6, 6.07) is 0. The molecule has 226 valence electrons. The predicted octanol–water partition coefficient (Wildman–Crippen LogP) is 6.31. The molecule has 1 amide bonds. The third kappa shape index (κ3) is 7.23. The first-order valence-electron chi connectivity index (χ1n) is 16.3. The van der Waals surface area contributed by atoms with Crippen LogP contribution in [0.15, 0.2) is 0 Å². The van der Waals surface area contributed by atoms with Crippen LogP contribution >= 0.6 is 0 Å². The van der Waals surface area contributed by atoms with E-state index in [-0.39, 0.29) is 11.7 Å². The maximum Gasteiger partial charge on any atom is 0.265 e. The number of fused-ring (bicyclic) bond motifs is 5. The largest absolute Gasteiger partial charge is 0.356 e. The molecule has 39 heavy (non-hydrogen) atoms. The summed E-state index contributed by atoms with van der Waals surface area (Å²) in [7, 11) is 0.241. The topological polar surface area (TPSA) is 83.5 Å². The molecule has 7 heteroatoms. The molecule has 6 nitrogen and oxygen atoms in total. The molecule has 0 saturated heterocycles. The number of nitrogens with zero attached hydrogens (tertiary/aromatic N) is 1. The summed E-state index contributed by atoms with van der Waals surface area (Å²) >= 11 is 0. The normalized spacial score (nSPS) is 37.4. The number of hydrogen-bond acceptors (Lipinski definition) is 3. The molecule has 4 rings (SSSR count). The number of rotatable bonds is 12. The van der Waals surface area contributed by atoms with Gasteiger partial charge in [0.25, 0.3) is 10.1 Å². The first-order valence-corrected chi connectivity index (χ1v) is 17.9. The van der Waals surface area contributed by atoms with Crippen LogP contribution in [0.5, 0.6) is 0 Å². The van der Waals surface area contributed by atoms with Crippen LogP contribution < -0.4 is 5.32 Å². The van der Waals surface area contributed by atoms with Crippen LogP contribution in [0.25, 0.3) is 0 Å². The molecule has 0 spiro atoms. The van der Waals surface area contributed by atoms with E-state index in [0.29, 0.717) is 47.2 Å². The molecule has 0 bridgehead atoms. The van der Waals surface area contributed by atoms with Crippen LogP contribution in [-0.2, 0) is 14.9 Å². The molecule has 2 N–H and O–H groups in total. The van der Waals surface area contributed by atoms with Crippen molar-refractivity contribution < 1.29 is 22.2 Å². The molecule has 3 unspecified atom stereocenters. The zero-order valence-electron chi connectivity index (χ0n) is 25.7. The van der Waals surface area contributed by atoms with Crippen molar-refractivity contribution in [2.45, 2.75) is 111 Å². The number of hydrogen-bond donors (Lipinski definition) is 2. The van der Waals surface area contributed by atoms with Gasteiger partial charge in [-0.2, -0.15) is 8.42 Å². The fourth-order valence-corrected chi connectivity index (χ4v) is 10.9. The molecule has 0 heterocycles. The minimum absolute atomic E-state index is 0.172. The smallest absolute Gasteiger partial charge is 0.265 e. The van der Waals surface area contributed by atoms with Crippen LogP contribution in [0.4, 0.5) is 0 Å². The van der Waals surface area contributed by atoms with Crippen molar-refractivity contribution in [3.8, 4) is 0 Å². The standard InChI is InChI=1S/C32H58N2O4S/c1-24(11-16-30(35)33-20-8-21-34(4,5)22-9-23-39(36,37)38)27-14-15-28-26-13-12-25-10-6-7-18-31(25,2)29(26)17-19-32(27,28)3/h24-29H,6-23H2,1-5H3,(H-,33,35,36,37,38)/p+1/t24-,25?,26?,27-,28+,29?,31+,32-/m1/s1. The van der Waals surface area contributed by atoms with E-state index in [1.165, 1.54) is 64.2 Å². The van der Waals surface area contributed by atoms with Gasteiger partial charge in [0, 0.05) is 25.8 Å². The van der Waals surface area contributed by atoms with Crippen LogP contribution in [0.2, 0.25) is 0 Å². The summed E-state index contributed by atoms with van der Waals surface area (Å²) in [5.74, 6) is 5.13. The molecule has 0 aliphatic heterocycles. The maximum absolute atomic E-state index is 12.7. The van der Waals surface area contributed by atoms with E-state index in [1.807, 2.05) is 0 Å². The van der Waals surface area contributed by atoms with Gasteiger partial charge in [-0.25, -0.2) is 0 Å². The lowest BCUT2D eigenvalue weighted by molar-refractivity contribution is -0.890. The highest BCUT2D eigenvalue weighted by Gasteiger charge is 2.60.